The highest BCUT2D eigenvalue weighted by Gasteiger charge is 2.44. The minimum Gasteiger partial charge on any atom is -0.394 e. The van der Waals surface area contributed by atoms with Crippen LogP contribution in [0.4, 0.5) is 0 Å². The molecule has 1 aliphatic heterocycles. The van der Waals surface area contributed by atoms with Crippen LogP contribution in [0.2, 0.25) is 0 Å². The smallest absolute Gasteiger partial charge is 0.220 e. The second-order valence-electron chi connectivity index (χ2n) is 16.5. The molecule has 7 unspecified atom stereocenters. The van der Waals surface area contributed by atoms with Crippen LogP contribution in [0, 0.1) is 0 Å². The molecule has 0 saturated carbocycles. The zero-order valence-corrected chi connectivity index (χ0v) is 37.5. The number of rotatable bonds is 39. The molecule has 1 rings (SSSR count). The zero-order valence-electron chi connectivity index (χ0n) is 37.5. The van der Waals surface area contributed by atoms with Crippen LogP contribution in [0.3, 0.4) is 0 Å². The molecule has 59 heavy (non-hydrogen) atoms. The number of carbonyl (C=O) groups excluding carboxylic acids is 1. The molecule has 9 heteroatoms. The monoisotopic (exact) mass is 832 g/mol. The van der Waals surface area contributed by atoms with Gasteiger partial charge in [-0.25, -0.2) is 0 Å². The molecule has 0 aliphatic carbocycles. The number of hydrogen-bond acceptors (Lipinski definition) is 8. The molecular weight excluding hydrogens is 743 g/mol. The van der Waals surface area contributed by atoms with Crippen molar-refractivity contribution in [3.05, 3.63) is 60.8 Å². The van der Waals surface area contributed by atoms with Gasteiger partial charge < -0.3 is 40.3 Å². The highest BCUT2D eigenvalue weighted by Crippen LogP contribution is 2.23. The van der Waals surface area contributed by atoms with Gasteiger partial charge in [-0.05, 0) is 57.8 Å². The SMILES string of the molecule is CC/C=C\C/C=C\C/C=C\C/C=C\C/C=C\CCCCCCCCCCCCCCCC(=O)NC(COC1OC(CO)C(O)C(O)C1O)C(O)CCCCCCCCC. The third-order valence-electron chi connectivity index (χ3n) is 11.1. The van der Waals surface area contributed by atoms with Crippen molar-refractivity contribution < 1.29 is 39.8 Å². The van der Waals surface area contributed by atoms with Crippen molar-refractivity contribution in [2.24, 2.45) is 0 Å². The van der Waals surface area contributed by atoms with Gasteiger partial charge in [-0.15, -0.1) is 0 Å². The summed E-state index contributed by atoms with van der Waals surface area (Å²) in [6, 6.07) is -0.718. The first-order chi connectivity index (χ1) is 28.8. The van der Waals surface area contributed by atoms with Gasteiger partial charge in [0.05, 0.1) is 25.4 Å². The molecule has 0 aromatic heterocycles. The van der Waals surface area contributed by atoms with Crippen molar-refractivity contribution in [3.8, 4) is 0 Å². The first-order valence-corrected chi connectivity index (χ1v) is 24.0. The molecular formula is C50H89NO8. The van der Waals surface area contributed by atoms with E-state index in [1.165, 1.54) is 96.3 Å². The van der Waals surface area contributed by atoms with E-state index in [1.807, 2.05) is 0 Å². The molecule has 0 aromatic rings. The fourth-order valence-electron chi connectivity index (χ4n) is 7.30. The summed E-state index contributed by atoms with van der Waals surface area (Å²) < 4.78 is 11.2. The molecule has 1 fully saturated rings. The lowest BCUT2D eigenvalue weighted by atomic mass is 9.99. The number of allylic oxidation sites excluding steroid dienone is 10. The normalized spacial score (nSPS) is 21.2. The Kier molecular flexibility index (Phi) is 37.2. The molecule has 0 bridgehead atoms. The molecule has 0 aromatic carbocycles. The van der Waals surface area contributed by atoms with Crippen LogP contribution in [0.25, 0.3) is 0 Å². The van der Waals surface area contributed by atoms with Gasteiger partial charge in [0, 0.05) is 6.42 Å². The number of carbonyl (C=O) groups is 1. The van der Waals surface area contributed by atoms with Gasteiger partial charge in [0.2, 0.25) is 5.91 Å². The van der Waals surface area contributed by atoms with Crippen molar-refractivity contribution in [1.82, 2.24) is 5.32 Å². The second kappa shape index (κ2) is 40.0. The molecule has 1 saturated heterocycles. The van der Waals surface area contributed by atoms with Crippen molar-refractivity contribution in [3.63, 3.8) is 0 Å². The molecule has 0 radical (unpaired) electrons. The Morgan fingerprint density at radius 2 is 1.05 bits per heavy atom. The van der Waals surface area contributed by atoms with E-state index in [-0.39, 0.29) is 12.5 Å². The molecule has 342 valence electrons. The van der Waals surface area contributed by atoms with Gasteiger partial charge in [0.15, 0.2) is 6.29 Å². The van der Waals surface area contributed by atoms with E-state index in [9.17, 15) is 30.3 Å². The maximum Gasteiger partial charge on any atom is 0.220 e. The van der Waals surface area contributed by atoms with Gasteiger partial charge in [-0.3, -0.25) is 4.79 Å². The third kappa shape index (κ3) is 30.6. The van der Waals surface area contributed by atoms with Crippen LogP contribution in [-0.2, 0) is 14.3 Å². The predicted molar refractivity (Wildman–Crippen MR) is 244 cm³/mol. The van der Waals surface area contributed by atoms with Gasteiger partial charge in [0.25, 0.3) is 0 Å². The summed E-state index contributed by atoms with van der Waals surface area (Å²) in [6.07, 6.45) is 45.5. The van der Waals surface area contributed by atoms with E-state index >= 15 is 0 Å². The quantitative estimate of drug-likeness (QED) is 0.0265. The van der Waals surface area contributed by atoms with Crippen LogP contribution in [0.1, 0.15) is 194 Å². The summed E-state index contributed by atoms with van der Waals surface area (Å²) in [5, 5.41) is 54.1. The number of nitrogens with one attached hydrogen (secondary N) is 1. The van der Waals surface area contributed by atoms with Crippen LogP contribution in [-0.4, -0.2) is 87.5 Å². The average Bonchev–Trinajstić information content (AvgIpc) is 3.23. The predicted octanol–water partition coefficient (Wildman–Crippen LogP) is 10.4. The Balaban J connectivity index is 2.13. The molecule has 7 atom stereocenters. The molecule has 1 amide bonds. The Hall–Kier alpha value is -2.11. The molecule has 1 heterocycles. The fourth-order valence-corrected chi connectivity index (χ4v) is 7.30. The third-order valence-corrected chi connectivity index (χ3v) is 11.1. The highest BCUT2D eigenvalue weighted by molar-refractivity contribution is 5.76. The topological polar surface area (TPSA) is 149 Å². The van der Waals surface area contributed by atoms with E-state index in [0.717, 1.165) is 70.6 Å². The van der Waals surface area contributed by atoms with E-state index in [2.05, 4.69) is 79.9 Å². The van der Waals surface area contributed by atoms with E-state index in [1.54, 1.807) is 0 Å². The lowest BCUT2D eigenvalue weighted by molar-refractivity contribution is -0.302. The van der Waals surface area contributed by atoms with Crippen molar-refractivity contribution in [2.75, 3.05) is 13.2 Å². The number of ether oxygens (including phenoxy) is 2. The Morgan fingerprint density at radius 3 is 1.56 bits per heavy atom. The summed E-state index contributed by atoms with van der Waals surface area (Å²) in [7, 11) is 0. The van der Waals surface area contributed by atoms with Crippen molar-refractivity contribution in [2.45, 2.75) is 236 Å². The number of unbranched alkanes of at least 4 members (excludes halogenated alkanes) is 19. The van der Waals surface area contributed by atoms with Gasteiger partial charge in [-0.2, -0.15) is 0 Å². The lowest BCUT2D eigenvalue weighted by Gasteiger charge is -2.40. The minimum atomic E-state index is -1.55. The van der Waals surface area contributed by atoms with E-state index in [0.29, 0.717) is 12.8 Å². The van der Waals surface area contributed by atoms with Gasteiger partial charge in [0.1, 0.15) is 24.4 Å². The maximum atomic E-state index is 12.9. The summed E-state index contributed by atoms with van der Waals surface area (Å²) in [5.41, 5.74) is 0. The minimum absolute atomic E-state index is 0.141. The Bertz CT molecular complexity index is 1100. The molecule has 0 spiro atoms. The molecule has 1 aliphatic rings. The lowest BCUT2D eigenvalue weighted by Crippen LogP contribution is -2.60. The standard InChI is InChI=1S/C50H89NO8/c1-3-5-7-9-11-12-13-14-15-16-17-18-19-20-21-22-23-24-25-26-27-28-29-30-31-32-34-36-38-40-46(54)51-43(44(53)39-37-35-33-10-8-6-4-2)42-58-50-49(57)48(56)47(55)45(41-52)59-50/h5,7,11-12,14-15,17-18,20-21,43-45,47-50,52-53,55-57H,3-4,6,8-10,13,16,19,22-42H2,1-2H3,(H,51,54)/b7-5-,12-11-,15-14-,18-17-,21-20-. The van der Waals surface area contributed by atoms with Gasteiger partial charge >= 0.3 is 0 Å². The largest absolute Gasteiger partial charge is 0.394 e. The summed E-state index contributed by atoms with van der Waals surface area (Å²) in [5.74, 6) is -0.153. The summed E-state index contributed by atoms with van der Waals surface area (Å²) in [6.45, 7) is 3.66. The molecule has 9 nitrogen and oxygen atoms in total. The van der Waals surface area contributed by atoms with Crippen LogP contribution in [0.5, 0.6) is 0 Å². The van der Waals surface area contributed by atoms with Crippen LogP contribution < -0.4 is 5.32 Å². The van der Waals surface area contributed by atoms with E-state index in [4.69, 9.17) is 9.47 Å². The van der Waals surface area contributed by atoms with E-state index < -0.39 is 49.5 Å². The van der Waals surface area contributed by atoms with Crippen molar-refractivity contribution >= 4 is 5.91 Å². The second-order valence-corrected chi connectivity index (χ2v) is 16.5. The number of aliphatic hydroxyl groups is 5. The maximum absolute atomic E-state index is 12.9. The van der Waals surface area contributed by atoms with Crippen LogP contribution >= 0.6 is 0 Å². The summed E-state index contributed by atoms with van der Waals surface area (Å²) >= 11 is 0. The zero-order chi connectivity index (χ0) is 43.0. The number of amides is 1. The average molecular weight is 832 g/mol. The van der Waals surface area contributed by atoms with Crippen LogP contribution in [0.15, 0.2) is 60.8 Å². The number of hydrogen-bond donors (Lipinski definition) is 6. The molecule has 6 N–H and O–H groups in total. The summed E-state index contributed by atoms with van der Waals surface area (Å²) in [4.78, 5) is 12.9. The first kappa shape index (κ1) is 54.9. The Morgan fingerprint density at radius 1 is 0.593 bits per heavy atom. The highest BCUT2D eigenvalue weighted by atomic mass is 16.7. The Labute approximate surface area is 360 Å². The van der Waals surface area contributed by atoms with Crippen molar-refractivity contribution in [1.29, 1.82) is 0 Å². The number of aliphatic hydroxyl groups excluding tert-OH is 5. The van der Waals surface area contributed by atoms with Gasteiger partial charge in [-0.1, -0.05) is 190 Å². The fraction of sp³-hybridized carbons (Fsp3) is 0.780. The first-order valence-electron chi connectivity index (χ1n) is 24.0.